The normalized spacial score (nSPS) is 14.8. The Kier molecular flexibility index (Phi) is 1.63. The van der Waals surface area contributed by atoms with Crippen LogP contribution in [0.5, 0.6) is 0 Å². The molecule has 0 saturated carbocycles. The first-order chi connectivity index (χ1) is 2.00. The van der Waals surface area contributed by atoms with Gasteiger partial charge in [0.25, 0.3) is 0 Å². The zero-order valence-electron chi connectivity index (χ0n) is 1.93. The maximum atomic E-state index is 9.20. The topological polar surface area (TPSA) is 34.1 Å². The van der Waals surface area contributed by atoms with Crippen LogP contribution in [-0.2, 0) is 18.6 Å². The summed E-state index contributed by atoms with van der Waals surface area (Å²) < 4.78 is 18.4. The minimum atomic E-state index is -4.06. The van der Waals surface area contributed by atoms with E-state index < -0.39 is 10.9 Å². The first kappa shape index (κ1) is 5.70. The van der Waals surface area contributed by atoms with Crippen molar-refractivity contribution in [2.75, 3.05) is 0 Å². The fourth-order valence-electron chi connectivity index (χ4n) is 0. The first-order valence-corrected chi connectivity index (χ1v) is 4.50. The zero-order chi connectivity index (χ0) is 4.50. The van der Waals surface area contributed by atoms with Crippen LogP contribution >= 0.6 is 20.2 Å². The van der Waals surface area contributed by atoms with Gasteiger partial charge >= 0.3 is 38.8 Å². The Bertz CT molecular complexity index is 90.8. The molecule has 0 radical (unpaired) electrons. The third kappa shape index (κ3) is 70.0. The summed E-state index contributed by atoms with van der Waals surface area (Å²) in [6, 6.07) is 0. The molecule has 0 aromatic heterocycles. The van der Waals surface area contributed by atoms with Crippen LogP contribution in [0.1, 0.15) is 0 Å². The molecule has 0 aromatic carbocycles. The Balaban J connectivity index is 4.06. The molecule has 0 aliphatic rings. The van der Waals surface area contributed by atoms with Crippen LogP contribution in [0.15, 0.2) is 0 Å². The molecular formula is Cl2FeO2. The fourth-order valence-corrected chi connectivity index (χ4v) is 0. The van der Waals surface area contributed by atoms with Crippen molar-refractivity contribution in [2.24, 2.45) is 0 Å². The molecule has 0 N–H and O–H groups in total. The van der Waals surface area contributed by atoms with Crippen LogP contribution in [0.4, 0.5) is 0 Å². The Hall–Kier alpha value is 0.699. The summed E-state index contributed by atoms with van der Waals surface area (Å²) in [5.74, 6) is 0. The van der Waals surface area contributed by atoms with Gasteiger partial charge in [-0.2, -0.15) is 0 Å². The van der Waals surface area contributed by atoms with Crippen molar-refractivity contribution in [3.05, 3.63) is 0 Å². The summed E-state index contributed by atoms with van der Waals surface area (Å²) in [4.78, 5) is 0. The molecule has 0 aliphatic heterocycles. The van der Waals surface area contributed by atoms with Crippen molar-refractivity contribution in [1.29, 1.82) is 0 Å². The molecule has 0 amide bonds. The summed E-state index contributed by atoms with van der Waals surface area (Å²) >= 11 is 0. The van der Waals surface area contributed by atoms with Gasteiger partial charge in [0.15, 0.2) is 0 Å². The van der Waals surface area contributed by atoms with Gasteiger partial charge in [-0.25, -0.2) is 0 Å². The number of halogens is 2. The van der Waals surface area contributed by atoms with Gasteiger partial charge in [-0.1, -0.05) is 0 Å². The molecule has 0 aromatic rings. The van der Waals surface area contributed by atoms with Gasteiger partial charge < -0.3 is 0 Å². The van der Waals surface area contributed by atoms with Crippen LogP contribution in [0.3, 0.4) is 0 Å². The SMILES string of the molecule is [O]=[Fe](=[O])([Cl])[Cl]. The van der Waals surface area contributed by atoms with Crippen molar-refractivity contribution in [2.45, 2.75) is 0 Å². The van der Waals surface area contributed by atoms with Gasteiger partial charge in [0.05, 0.1) is 0 Å². The minimum absolute atomic E-state index is 4.06. The predicted molar refractivity (Wildman–Crippen MR) is 13.1 cm³/mol. The quantitative estimate of drug-likeness (QED) is 0.496. The maximum absolute atomic E-state index is 9.20. The van der Waals surface area contributed by atoms with Gasteiger partial charge in [-0.05, 0) is 0 Å². The number of hydrogen-bond acceptors (Lipinski definition) is 2. The average Bonchev–Trinajstić information content (AvgIpc) is 0.722. The molecule has 2 nitrogen and oxygen atoms in total. The Labute approximate surface area is 39.1 Å². The van der Waals surface area contributed by atoms with E-state index >= 15 is 0 Å². The number of rotatable bonds is 0. The van der Waals surface area contributed by atoms with E-state index in [-0.39, 0.29) is 0 Å². The predicted octanol–water partition coefficient (Wildman–Crippen LogP) is 1.14. The summed E-state index contributed by atoms with van der Waals surface area (Å²) in [7, 11) is 4.56. The van der Waals surface area contributed by atoms with E-state index in [0.717, 1.165) is 0 Å². The van der Waals surface area contributed by atoms with E-state index in [4.69, 9.17) is 0 Å². The molecule has 0 atom stereocenters. The molecule has 5 heteroatoms. The van der Waals surface area contributed by atoms with Crippen molar-refractivity contribution in [1.82, 2.24) is 0 Å². The van der Waals surface area contributed by atoms with Crippen molar-refractivity contribution >= 4 is 20.2 Å². The Morgan fingerprint density at radius 2 is 1.20 bits per heavy atom. The van der Waals surface area contributed by atoms with E-state index in [1.807, 2.05) is 0 Å². The zero-order valence-corrected chi connectivity index (χ0v) is 4.54. The van der Waals surface area contributed by atoms with Gasteiger partial charge in [0.2, 0.25) is 0 Å². The third-order valence-electron chi connectivity index (χ3n) is 0. The van der Waals surface area contributed by atoms with Crippen LogP contribution in [0.2, 0.25) is 0 Å². The molecule has 34 valence electrons. The van der Waals surface area contributed by atoms with Crippen molar-refractivity contribution in [3.63, 3.8) is 0 Å². The Morgan fingerprint density at radius 1 is 1.20 bits per heavy atom. The van der Waals surface area contributed by atoms with Crippen LogP contribution < -0.4 is 0 Å². The molecule has 5 heavy (non-hydrogen) atoms. The Morgan fingerprint density at radius 3 is 1.20 bits per heavy atom. The van der Waals surface area contributed by atoms with Crippen molar-refractivity contribution in [3.8, 4) is 0 Å². The summed E-state index contributed by atoms with van der Waals surface area (Å²) in [5.41, 5.74) is 0. The van der Waals surface area contributed by atoms with Crippen LogP contribution in [0, 0.1) is 0 Å². The summed E-state index contributed by atoms with van der Waals surface area (Å²) in [5, 5.41) is 0. The van der Waals surface area contributed by atoms with Gasteiger partial charge in [0, 0.05) is 0 Å². The standard InChI is InChI=1S/2ClH.Fe.2O/h2*1H;;;/q;;+2;;/p-2. The van der Waals surface area contributed by atoms with Gasteiger partial charge in [0.1, 0.15) is 0 Å². The van der Waals surface area contributed by atoms with Crippen LogP contribution in [-0.4, -0.2) is 0 Å². The van der Waals surface area contributed by atoms with E-state index in [1.165, 1.54) is 0 Å². The van der Waals surface area contributed by atoms with Crippen LogP contribution in [0.25, 0.3) is 0 Å². The molecule has 0 rings (SSSR count). The van der Waals surface area contributed by atoms with E-state index in [1.54, 1.807) is 0 Å². The summed E-state index contributed by atoms with van der Waals surface area (Å²) in [6.45, 7) is 0. The first-order valence-electron chi connectivity index (χ1n) is 0.556. The average molecular weight is 159 g/mol. The molecular weight excluding hydrogens is 159 g/mol. The third-order valence-corrected chi connectivity index (χ3v) is 0. The molecule has 0 unspecified atom stereocenters. The molecule has 0 heterocycles. The van der Waals surface area contributed by atoms with Gasteiger partial charge in [-0.15, -0.1) is 0 Å². The van der Waals surface area contributed by atoms with E-state index in [0.29, 0.717) is 0 Å². The van der Waals surface area contributed by atoms with E-state index in [2.05, 4.69) is 20.2 Å². The van der Waals surface area contributed by atoms with E-state index in [9.17, 15) is 7.67 Å². The van der Waals surface area contributed by atoms with Crippen molar-refractivity contribution < 1.29 is 18.6 Å². The molecule has 0 saturated heterocycles. The molecule has 0 spiro atoms. The molecule has 0 aliphatic carbocycles. The monoisotopic (exact) mass is 158 g/mol. The molecule has 0 fully saturated rings. The molecule has 0 bridgehead atoms. The second kappa shape index (κ2) is 1.43. The second-order valence-corrected chi connectivity index (χ2v) is 4.82. The second-order valence-electron chi connectivity index (χ2n) is 0.328. The number of hydrogen-bond donors (Lipinski definition) is 0. The summed E-state index contributed by atoms with van der Waals surface area (Å²) in [6.07, 6.45) is 0. The fraction of sp³-hybridized carbons (Fsp3) is 0. The van der Waals surface area contributed by atoms with Gasteiger partial charge in [-0.3, -0.25) is 0 Å².